The van der Waals surface area contributed by atoms with Crippen molar-refractivity contribution in [1.29, 1.82) is 0 Å². The lowest BCUT2D eigenvalue weighted by Crippen LogP contribution is -2.06. The summed E-state index contributed by atoms with van der Waals surface area (Å²) in [4.78, 5) is 22.3. The van der Waals surface area contributed by atoms with Crippen molar-refractivity contribution in [2.24, 2.45) is 0 Å². The predicted molar refractivity (Wildman–Crippen MR) is 78.5 cm³/mol. The Morgan fingerprint density at radius 1 is 0.850 bits per heavy atom. The van der Waals surface area contributed by atoms with Crippen LogP contribution in [0.2, 0.25) is 0 Å². The first-order valence-electron chi connectivity index (χ1n) is 6.28. The minimum Gasteiger partial charge on any atom is -0.426 e. The van der Waals surface area contributed by atoms with E-state index < -0.39 is 11.9 Å². The van der Waals surface area contributed by atoms with Crippen molar-refractivity contribution in [2.75, 3.05) is 0 Å². The standard InChI is InChI=1S/C16H18O4/c1-5-7-13-9-16(20-12(4)18)14(8-6-2)10-15(13)19-11(3)17/h5-10H,1-4H3/b7-5+,8-6+. The summed E-state index contributed by atoms with van der Waals surface area (Å²) < 4.78 is 10.4. The third-order valence-electron chi connectivity index (χ3n) is 2.34. The highest BCUT2D eigenvalue weighted by Gasteiger charge is 2.12. The molecule has 1 aromatic carbocycles. The number of hydrogen-bond acceptors (Lipinski definition) is 4. The zero-order valence-electron chi connectivity index (χ0n) is 12.1. The van der Waals surface area contributed by atoms with Gasteiger partial charge in [0.2, 0.25) is 0 Å². The van der Waals surface area contributed by atoms with Crippen molar-refractivity contribution in [1.82, 2.24) is 0 Å². The van der Waals surface area contributed by atoms with Gasteiger partial charge in [0.25, 0.3) is 0 Å². The molecule has 0 bridgehead atoms. The fraction of sp³-hybridized carbons (Fsp3) is 0.250. The Balaban J connectivity index is 3.40. The summed E-state index contributed by atoms with van der Waals surface area (Å²) in [5.41, 5.74) is 1.35. The molecule has 0 saturated carbocycles. The fourth-order valence-electron chi connectivity index (χ4n) is 1.70. The molecule has 20 heavy (non-hydrogen) atoms. The molecular formula is C16H18O4. The number of benzene rings is 1. The molecule has 0 aliphatic rings. The van der Waals surface area contributed by atoms with Gasteiger partial charge in [0.05, 0.1) is 0 Å². The van der Waals surface area contributed by atoms with Crippen LogP contribution in [-0.4, -0.2) is 11.9 Å². The van der Waals surface area contributed by atoms with Crippen LogP contribution >= 0.6 is 0 Å². The Hall–Kier alpha value is -2.36. The van der Waals surface area contributed by atoms with Crippen LogP contribution in [0.1, 0.15) is 38.8 Å². The molecule has 0 saturated heterocycles. The predicted octanol–water partition coefficient (Wildman–Crippen LogP) is 3.60. The largest absolute Gasteiger partial charge is 0.426 e. The smallest absolute Gasteiger partial charge is 0.308 e. The Bertz CT molecular complexity index is 516. The van der Waals surface area contributed by atoms with Gasteiger partial charge >= 0.3 is 11.9 Å². The van der Waals surface area contributed by atoms with Crippen molar-refractivity contribution >= 4 is 24.1 Å². The van der Waals surface area contributed by atoms with Crippen LogP contribution in [0.5, 0.6) is 11.5 Å². The zero-order valence-corrected chi connectivity index (χ0v) is 12.1. The van der Waals surface area contributed by atoms with Crippen molar-refractivity contribution in [3.05, 3.63) is 35.4 Å². The molecule has 0 spiro atoms. The van der Waals surface area contributed by atoms with Crippen molar-refractivity contribution in [3.8, 4) is 11.5 Å². The SMILES string of the molecule is C/C=C/c1cc(OC(C)=O)c(/C=C/C)cc1OC(C)=O. The normalized spacial score (nSPS) is 11.0. The van der Waals surface area contributed by atoms with Gasteiger partial charge in [0, 0.05) is 25.0 Å². The number of rotatable bonds is 4. The number of allylic oxidation sites excluding steroid dienone is 2. The molecule has 0 fully saturated rings. The van der Waals surface area contributed by atoms with Crippen LogP contribution in [0.3, 0.4) is 0 Å². The summed E-state index contributed by atoms with van der Waals surface area (Å²) in [6.07, 6.45) is 7.19. The molecule has 0 radical (unpaired) electrons. The highest BCUT2D eigenvalue weighted by Crippen LogP contribution is 2.31. The minimum absolute atomic E-state index is 0.401. The maximum absolute atomic E-state index is 11.2. The second kappa shape index (κ2) is 7.28. The molecule has 0 N–H and O–H groups in total. The van der Waals surface area contributed by atoms with Gasteiger partial charge < -0.3 is 9.47 Å². The van der Waals surface area contributed by atoms with E-state index in [9.17, 15) is 9.59 Å². The molecule has 4 heteroatoms. The first-order chi connectivity index (χ1) is 9.47. The highest BCUT2D eigenvalue weighted by atomic mass is 16.5. The Morgan fingerprint density at radius 3 is 1.45 bits per heavy atom. The molecule has 4 nitrogen and oxygen atoms in total. The molecule has 0 amide bonds. The lowest BCUT2D eigenvalue weighted by atomic mass is 10.1. The van der Waals surface area contributed by atoms with Crippen molar-refractivity contribution < 1.29 is 19.1 Å². The topological polar surface area (TPSA) is 52.6 Å². The average molecular weight is 274 g/mol. The third-order valence-corrected chi connectivity index (χ3v) is 2.34. The number of carbonyl (C=O) groups is 2. The van der Waals surface area contributed by atoms with Gasteiger partial charge in [-0.25, -0.2) is 0 Å². The van der Waals surface area contributed by atoms with E-state index in [4.69, 9.17) is 9.47 Å². The number of ether oxygens (including phenoxy) is 2. The summed E-state index contributed by atoms with van der Waals surface area (Å²) in [5, 5.41) is 0. The Labute approximate surface area is 118 Å². The Morgan fingerprint density at radius 2 is 1.20 bits per heavy atom. The van der Waals surface area contributed by atoms with Crippen LogP contribution in [0.15, 0.2) is 24.3 Å². The lowest BCUT2D eigenvalue weighted by Gasteiger charge is -2.12. The average Bonchev–Trinajstić information content (AvgIpc) is 2.33. The summed E-state index contributed by atoms with van der Waals surface area (Å²) in [6, 6.07) is 3.35. The van der Waals surface area contributed by atoms with Gasteiger partial charge in [0.15, 0.2) is 0 Å². The van der Waals surface area contributed by atoms with Crippen LogP contribution in [0.4, 0.5) is 0 Å². The van der Waals surface area contributed by atoms with Crippen LogP contribution in [0.25, 0.3) is 12.2 Å². The summed E-state index contributed by atoms with van der Waals surface area (Å²) in [5.74, 6) is 0.0593. The molecule has 0 aromatic heterocycles. The first kappa shape index (κ1) is 15.7. The molecule has 106 valence electrons. The van der Waals surface area contributed by atoms with Gasteiger partial charge in [-0.05, 0) is 26.0 Å². The molecule has 1 aromatic rings. The van der Waals surface area contributed by atoms with Crippen LogP contribution in [-0.2, 0) is 9.59 Å². The van der Waals surface area contributed by atoms with Gasteiger partial charge in [-0.15, -0.1) is 0 Å². The van der Waals surface area contributed by atoms with E-state index in [0.29, 0.717) is 22.6 Å². The maximum atomic E-state index is 11.2. The second-order valence-electron chi connectivity index (χ2n) is 4.12. The monoisotopic (exact) mass is 274 g/mol. The number of hydrogen-bond donors (Lipinski definition) is 0. The molecular weight excluding hydrogens is 256 g/mol. The van der Waals surface area contributed by atoms with Crippen molar-refractivity contribution in [3.63, 3.8) is 0 Å². The number of carbonyl (C=O) groups excluding carboxylic acids is 2. The molecule has 0 aliphatic heterocycles. The molecule has 0 aliphatic carbocycles. The molecule has 0 heterocycles. The molecule has 0 unspecified atom stereocenters. The van der Waals surface area contributed by atoms with E-state index in [2.05, 4.69) is 0 Å². The summed E-state index contributed by atoms with van der Waals surface area (Å²) in [7, 11) is 0. The Kier molecular flexibility index (Phi) is 5.72. The zero-order chi connectivity index (χ0) is 15.1. The van der Waals surface area contributed by atoms with E-state index in [1.54, 1.807) is 24.3 Å². The highest BCUT2D eigenvalue weighted by molar-refractivity contribution is 5.77. The molecule has 1 rings (SSSR count). The summed E-state index contributed by atoms with van der Waals surface area (Å²) in [6.45, 7) is 6.38. The van der Waals surface area contributed by atoms with E-state index in [1.165, 1.54) is 13.8 Å². The minimum atomic E-state index is -0.401. The third kappa shape index (κ3) is 4.39. The van der Waals surface area contributed by atoms with E-state index in [0.717, 1.165) is 0 Å². The van der Waals surface area contributed by atoms with Gasteiger partial charge in [-0.1, -0.05) is 24.3 Å². The van der Waals surface area contributed by atoms with Gasteiger partial charge in [-0.2, -0.15) is 0 Å². The van der Waals surface area contributed by atoms with E-state index in [-0.39, 0.29) is 0 Å². The van der Waals surface area contributed by atoms with E-state index >= 15 is 0 Å². The van der Waals surface area contributed by atoms with Crippen LogP contribution in [0, 0.1) is 0 Å². The maximum Gasteiger partial charge on any atom is 0.308 e. The second-order valence-corrected chi connectivity index (χ2v) is 4.12. The van der Waals surface area contributed by atoms with E-state index in [1.807, 2.05) is 26.0 Å². The number of esters is 2. The quantitative estimate of drug-likeness (QED) is 0.621. The van der Waals surface area contributed by atoms with Gasteiger partial charge in [-0.3, -0.25) is 9.59 Å². The first-order valence-corrected chi connectivity index (χ1v) is 6.28. The van der Waals surface area contributed by atoms with Crippen LogP contribution < -0.4 is 9.47 Å². The fourth-order valence-corrected chi connectivity index (χ4v) is 1.70. The molecule has 0 atom stereocenters. The van der Waals surface area contributed by atoms with Crippen molar-refractivity contribution in [2.45, 2.75) is 27.7 Å². The summed E-state index contributed by atoms with van der Waals surface area (Å²) >= 11 is 0. The lowest BCUT2D eigenvalue weighted by molar-refractivity contribution is -0.133. The van der Waals surface area contributed by atoms with Gasteiger partial charge in [0.1, 0.15) is 11.5 Å².